The first-order valence-corrected chi connectivity index (χ1v) is 4.36. The molecule has 7 radical (unpaired) electrons. The van der Waals surface area contributed by atoms with Gasteiger partial charge in [-0.25, -0.2) is 0 Å². The number of carbonyl (C=O) groups excluding carboxylic acids is 3. The summed E-state index contributed by atoms with van der Waals surface area (Å²) in [5.74, 6) is 0. The molecule has 0 aromatic heterocycles. The molecular formula is C9H6B2F8MnO3. The molecule has 1 rings (SSSR count). The van der Waals surface area contributed by atoms with E-state index in [4.69, 9.17) is 14.4 Å². The van der Waals surface area contributed by atoms with Gasteiger partial charge in [-0.2, -0.15) is 0 Å². The summed E-state index contributed by atoms with van der Waals surface area (Å²) in [5, 5.41) is 0. The third-order valence-corrected chi connectivity index (χ3v) is 0.667. The van der Waals surface area contributed by atoms with E-state index in [1.54, 1.807) is 0 Å². The van der Waals surface area contributed by atoms with E-state index in [9.17, 15) is 34.5 Å². The van der Waals surface area contributed by atoms with Gasteiger partial charge in [0.25, 0.3) is 20.4 Å². The Hall–Kier alpha value is -1.68. The Balaban J connectivity index is -0.0000000400. The zero-order valence-corrected chi connectivity index (χ0v) is 11.9. The summed E-state index contributed by atoms with van der Waals surface area (Å²) in [4.78, 5) is 22.5. The van der Waals surface area contributed by atoms with Crippen molar-refractivity contribution in [2.24, 2.45) is 0 Å². The molecule has 3 nitrogen and oxygen atoms in total. The average molecular weight is 391 g/mol. The zero-order valence-electron chi connectivity index (χ0n) is 10.7. The quantitative estimate of drug-likeness (QED) is 0.505. The van der Waals surface area contributed by atoms with Crippen LogP contribution in [0, 0.1) is 0 Å². The third-order valence-electron chi connectivity index (χ3n) is 0.667. The number of halogens is 8. The van der Waals surface area contributed by atoms with Gasteiger partial charge in [0, 0.05) is 0 Å². The van der Waals surface area contributed by atoms with E-state index in [-0.39, 0.29) is 17.1 Å². The standard InChI is InChI=1S/C6H6.3CO.2BF4.Mn/c1-2-4-6-5-3-1;3*1-2;2*2-1(3,4)5;/h1-6H;;;;;;/q;;;;2*-1;+2. The number of hydrogen-bond donors (Lipinski definition) is 0. The van der Waals surface area contributed by atoms with Crippen molar-refractivity contribution in [2.75, 3.05) is 0 Å². The van der Waals surface area contributed by atoms with Crippen molar-refractivity contribution in [1.29, 1.82) is 0 Å². The molecule has 0 N–H and O–H groups in total. The van der Waals surface area contributed by atoms with Crippen molar-refractivity contribution in [3.63, 3.8) is 0 Å². The normalized spacial score (nSPS) is 7.83. The summed E-state index contributed by atoms with van der Waals surface area (Å²) in [6.07, 6.45) is 0. The van der Waals surface area contributed by atoms with Crippen LogP contribution < -0.4 is 0 Å². The van der Waals surface area contributed by atoms with Gasteiger partial charge >= 0.3 is 31.6 Å². The van der Waals surface area contributed by atoms with Gasteiger partial charge in [0.2, 0.25) is 0 Å². The minimum absolute atomic E-state index is 0. The fraction of sp³-hybridized carbons (Fsp3) is 0. The van der Waals surface area contributed by atoms with Gasteiger partial charge in [0.15, 0.2) is 0 Å². The Bertz CT molecular complexity index is 248. The van der Waals surface area contributed by atoms with Crippen molar-refractivity contribution < 1.29 is 66.0 Å². The van der Waals surface area contributed by atoms with E-state index in [1.165, 1.54) is 0 Å². The van der Waals surface area contributed by atoms with Crippen molar-refractivity contribution in [3.05, 3.63) is 36.4 Å². The maximum absolute atomic E-state index is 9.75. The molecule has 0 fully saturated rings. The molecule has 1 aromatic carbocycles. The van der Waals surface area contributed by atoms with E-state index < -0.39 is 14.5 Å². The molecule has 0 aliphatic carbocycles. The molecule has 0 spiro atoms. The second-order valence-electron chi connectivity index (χ2n) is 2.14. The SMILES string of the molecule is F[B-](F)(F)F.F[B-](F)(F)F.[C]=O.[C]=O.[C]=O.[Mn+2].c1ccccc1. The summed E-state index contributed by atoms with van der Waals surface area (Å²) in [6.45, 7) is 13.5. The monoisotopic (exact) mass is 391 g/mol. The van der Waals surface area contributed by atoms with Crippen LogP contribution in [-0.4, -0.2) is 34.9 Å². The Labute approximate surface area is 138 Å². The smallest absolute Gasteiger partial charge is 0.418 e. The first kappa shape index (κ1) is 37.5. The van der Waals surface area contributed by atoms with Crippen LogP contribution in [0.2, 0.25) is 0 Å². The number of hydrogen-bond acceptors (Lipinski definition) is 3. The van der Waals surface area contributed by atoms with Gasteiger partial charge < -0.3 is 34.5 Å². The van der Waals surface area contributed by atoms with E-state index >= 15 is 0 Å². The molecule has 0 saturated carbocycles. The Kier molecular flexibility index (Phi) is 46.4. The van der Waals surface area contributed by atoms with E-state index in [2.05, 4.69) is 20.4 Å². The van der Waals surface area contributed by atoms with Gasteiger partial charge in [-0.3, -0.25) is 14.4 Å². The Morgan fingerprint density at radius 3 is 0.522 bits per heavy atom. The summed E-state index contributed by atoms with van der Waals surface area (Å²) in [6, 6.07) is 12.0. The fourth-order valence-corrected chi connectivity index (χ4v) is 0.385. The summed E-state index contributed by atoms with van der Waals surface area (Å²) >= 11 is 0. The molecular weight excluding hydrogens is 385 g/mol. The van der Waals surface area contributed by atoms with Crippen molar-refractivity contribution in [3.8, 4) is 0 Å². The van der Waals surface area contributed by atoms with Gasteiger partial charge in [-0.15, -0.1) is 0 Å². The summed E-state index contributed by atoms with van der Waals surface area (Å²) < 4.78 is 78.0. The van der Waals surface area contributed by atoms with E-state index in [0.717, 1.165) is 0 Å². The molecule has 0 atom stereocenters. The Morgan fingerprint density at radius 1 is 0.435 bits per heavy atom. The summed E-state index contributed by atoms with van der Waals surface area (Å²) in [5.41, 5.74) is 0. The third kappa shape index (κ3) is 366. The fourth-order valence-electron chi connectivity index (χ4n) is 0.385. The molecule has 0 aliphatic rings. The van der Waals surface area contributed by atoms with Crippen molar-refractivity contribution in [2.45, 2.75) is 0 Å². The van der Waals surface area contributed by atoms with Crippen LogP contribution in [0.25, 0.3) is 0 Å². The maximum atomic E-state index is 9.75. The van der Waals surface area contributed by atoms with Crippen LogP contribution in [0.1, 0.15) is 0 Å². The predicted molar refractivity (Wildman–Crippen MR) is 63.9 cm³/mol. The van der Waals surface area contributed by atoms with Crippen molar-refractivity contribution >= 4 is 34.9 Å². The molecule has 0 aliphatic heterocycles. The molecule has 0 heterocycles. The minimum Gasteiger partial charge on any atom is -0.418 e. The topological polar surface area (TPSA) is 51.2 Å². The summed E-state index contributed by atoms with van der Waals surface area (Å²) in [7, 11) is -12.0. The molecule has 0 amide bonds. The molecule has 0 saturated heterocycles. The van der Waals surface area contributed by atoms with Crippen molar-refractivity contribution in [1.82, 2.24) is 0 Å². The van der Waals surface area contributed by atoms with Gasteiger partial charge in [0.1, 0.15) is 0 Å². The van der Waals surface area contributed by atoms with Gasteiger partial charge in [-0.1, -0.05) is 36.4 Å². The average Bonchev–Trinajstić information content (AvgIpc) is 2.44. The second-order valence-corrected chi connectivity index (χ2v) is 2.14. The van der Waals surface area contributed by atoms with E-state index in [1.807, 2.05) is 36.4 Å². The van der Waals surface area contributed by atoms with Crippen LogP contribution in [-0.2, 0) is 31.5 Å². The molecule has 14 heteroatoms. The van der Waals surface area contributed by atoms with Crippen LogP contribution in [0.3, 0.4) is 0 Å². The van der Waals surface area contributed by atoms with Crippen LogP contribution in [0.5, 0.6) is 0 Å². The largest absolute Gasteiger partial charge is 2.00 e. The molecule has 129 valence electrons. The van der Waals surface area contributed by atoms with Gasteiger partial charge in [-0.05, 0) is 0 Å². The first-order valence-electron chi connectivity index (χ1n) is 4.36. The molecule has 1 aromatic rings. The zero-order chi connectivity index (χ0) is 19.2. The van der Waals surface area contributed by atoms with Crippen LogP contribution in [0.15, 0.2) is 36.4 Å². The molecule has 0 bridgehead atoms. The predicted octanol–water partition coefficient (Wildman–Crippen LogP) is 3.09. The first-order chi connectivity index (χ1) is 10.0. The second kappa shape index (κ2) is 28.5. The maximum Gasteiger partial charge on any atom is 2.00 e. The van der Waals surface area contributed by atoms with Crippen LogP contribution in [0.4, 0.5) is 34.5 Å². The minimum atomic E-state index is -6.00. The number of rotatable bonds is 0. The molecule has 0 unspecified atom stereocenters. The van der Waals surface area contributed by atoms with E-state index in [0.29, 0.717) is 0 Å². The van der Waals surface area contributed by atoms with Gasteiger partial charge in [0.05, 0.1) is 0 Å². The molecule has 23 heavy (non-hydrogen) atoms. The van der Waals surface area contributed by atoms with Crippen LogP contribution >= 0.6 is 0 Å². The number of benzene rings is 1. The Morgan fingerprint density at radius 2 is 0.478 bits per heavy atom.